The molecule has 3 aromatic rings. The highest BCUT2D eigenvalue weighted by Crippen LogP contribution is 2.32. The largest absolute Gasteiger partial charge is 0.494 e. The summed E-state index contributed by atoms with van der Waals surface area (Å²) in [7, 11) is 0. The fourth-order valence-corrected chi connectivity index (χ4v) is 5.69. The first-order chi connectivity index (χ1) is 17.3. The van der Waals surface area contributed by atoms with E-state index in [0.29, 0.717) is 0 Å². The van der Waals surface area contributed by atoms with Crippen LogP contribution in [0, 0.1) is 0 Å². The van der Waals surface area contributed by atoms with Crippen LogP contribution in [0.5, 0.6) is 5.75 Å². The second kappa shape index (κ2) is 16.7. The van der Waals surface area contributed by atoms with Gasteiger partial charge in [0.2, 0.25) is 0 Å². The van der Waals surface area contributed by atoms with Crippen molar-refractivity contribution in [3.05, 3.63) is 48.0 Å². The Hall–Kier alpha value is -1.87. The van der Waals surface area contributed by atoms with Crippen molar-refractivity contribution in [3.63, 3.8) is 0 Å². The molecule has 0 fully saturated rings. The van der Waals surface area contributed by atoms with Crippen LogP contribution >= 0.6 is 11.3 Å². The summed E-state index contributed by atoms with van der Waals surface area (Å²) in [5.41, 5.74) is 3.75. The fraction of sp³-hybridized carbons (Fsp3) is 0.594. The number of thiazole rings is 1. The van der Waals surface area contributed by atoms with Gasteiger partial charge in [-0.25, -0.2) is 4.98 Å². The molecule has 1 heterocycles. The summed E-state index contributed by atoms with van der Waals surface area (Å²) in [5, 5.41) is 1.10. The number of hydrogen-bond donors (Lipinski definition) is 0. The second-order valence-corrected chi connectivity index (χ2v) is 11.1. The molecule has 3 heteroatoms. The average Bonchev–Trinajstić information content (AvgIpc) is 3.31. The summed E-state index contributed by atoms with van der Waals surface area (Å²) >= 11 is 1.81. The van der Waals surface area contributed by atoms with E-state index in [1.807, 2.05) is 0 Å². The smallest absolute Gasteiger partial charge is 0.124 e. The Labute approximate surface area is 218 Å². The first-order valence-corrected chi connectivity index (χ1v) is 15.2. The van der Waals surface area contributed by atoms with E-state index in [2.05, 4.69) is 56.3 Å². The third kappa shape index (κ3) is 10.3. The first kappa shape index (κ1) is 27.7. The van der Waals surface area contributed by atoms with E-state index in [1.54, 1.807) is 11.3 Å². The average molecular weight is 494 g/mol. The zero-order valence-electron chi connectivity index (χ0n) is 22.3. The second-order valence-electron chi connectivity index (χ2n) is 10.0. The monoisotopic (exact) mass is 493 g/mol. The molecule has 192 valence electrons. The molecule has 0 aliphatic carbocycles. The number of unbranched alkanes of at least 4 members (excludes halogenated alkanes) is 13. The maximum Gasteiger partial charge on any atom is 0.124 e. The summed E-state index contributed by atoms with van der Waals surface area (Å²) in [6.45, 7) is 5.35. The fourth-order valence-electron chi connectivity index (χ4n) is 4.65. The van der Waals surface area contributed by atoms with Crippen molar-refractivity contribution in [1.29, 1.82) is 0 Å². The Bertz CT molecular complexity index is 946. The third-order valence-corrected chi connectivity index (χ3v) is 7.96. The van der Waals surface area contributed by atoms with E-state index in [0.717, 1.165) is 29.3 Å². The van der Waals surface area contributed by atoms with Crippen LogP contribution in [-0.2, 0) is 6.42 Å². The van der Waals surface area contributed by atoms with Crippen molar-refractivity contribution in [2.24, 2.45) is 0 Å². The van der Waals surface area contributed by atoms with Crippen molar-refractivity contribution in [2.45, 2.75) is 117 Å². The van der Waals surface area contributed by atoms with Crippen molar-refractivity contribution in [1.82, 2.24) is 4.98 Å². The van der Waals surface area contributed by atoms with Gasteiger partial charge in [-0.3, -0.25) is 0 Å². The normalized spacial score (nSPS) is 11.4. The lowest BCUT2D eigenvalue weighted by molar-refractivity contribution is 0.304. The highest BCUT2D eigenvalue weighted by atomic mass is 32.1. The topological polar surface area (TPSA) is 22.1 Å². The molecule has 1 aromatic heterocycles. The molecule has 0 aliphatic heterocycles. The van der Waals surface area contributed by atoms with E-state index >= 15 is 0 Å². The predicted octanol–water partition coefficient (Wildman–Crippen LogP) is 10.8. The molecule has 2 aromatic carbocycles. The number of rotatable bonds is 19. The van der Waals surface area contributed by atoms with Gasteiger partial charge in [-0.15, -0.1) is 11.3 Å². The predicted molar refractivity (Wildman–Crippen MR) is 155 cm³/mol. The van der Waals surface area contributed by atoms with E-state index in [-0.39, 0.29) is 0 Å². The van der Waals surface area contributed by atoms with Crippen molar-refractivity contribution in [3.8, 4) is 16.3 Å². The Morgan fingerprint density at radius 2 is 1.26 bits per heavy atom. The minimum atomic E-state index is 0.812. The Morgan fingerprint density at radius 3 is 1.91 bits per heavy atom. The Morgan fingerprint density at radius 1 is 0.657 bits per heavy atom. The van der Waals surface area contributed by atoms with Crippen LogP contribution in [0.4, 0.5) is 0 Å². The van der Waals surface area contributed by atoms with Crippen LogP contribution in [0.3, 0.4) is 0 Å². The van der Waals surface area contributed by atoms with Crippen LogP contribution in [0.2, 0.25) is 0 Å². The summed E-state index contributed by atoms with van der Waals surface area (Å²) in [6, 6.07) is 15.3. The van der Waals surface area contributed by atoms with Gasteiger partial charge >= 0.3 is 0 Å². The molecule has 0 spiro atoms. The molecule has 0 bridgehead atoms. The molecule has 2 nitrogen and oxygen atoms in total. The van der Waals surface area contributed by atoms with Gasteiger partial charge in [0, 0.05) is 5.56 Å². The third-order valence-electron chi connectivity index (χ3n) is 6.89. The summed E-state index contributed by atoms with van der Waals surface area (Å²) in [5.74, 6) is 0.962. The van der Waals surface area contributed by atoms with Crippen LogP contribution in [0.15, 0.2) is 42.5 Å². The molecule has 0 radical (unpaired) electrons. The van der Waals surface area contributed by atoms with Gasteiger partial charge in [-0.1, -0.05) is 103 Å². The maximum atomic E-state index is 5.92. The van der Waals surface area contributed by atoms with Crippen LogP contribution in [0.25, 0.3) is 20.8 Å². The highest BCUT2D eigenvalue weighted by molar-refractivity contribution is 7.21. The minimum absolute atomic E-state index is 0.812. The molecule has 0 amide bonds. The molecular formula is C32H47NOS. The molecule has 0 atom stereocenters. The molecule has 0 saturated heterocycles. The van der Waals surface area contributed by atoms with Gasteiger partial charge in [0.1, 0.15) is 10.8 Å². The number of fused-ring (bicyclic) bond motifs is 1. The zero-order valence-corrected chi connectivity index (χ0v) is 23.1. The Kier molecular flexibility index (Phi) is 13.3. The van der Waals surface area contributed by atoms with Crippen LogP contribution in [0.1, 0.15) is 116 Å². The van der Waals surface area contributed by atoms with Gasteiger partial charge in [-0.2, -0.15) is 0 Å². The van der Waals surface area contributed by atoms with Gasteiger partial charge in [0.15, 0.2) is 0 Å². The number of benzene rings is 2. The van der Waals surface area contributed by atoms with E-state index < -0.39 is 0 Å². The van der Waals surface area contributed by atoms with Crippen molar-refractivity contribution >= 4 is 21.6 Å². The van der Waals surface area contributed by atoms with Crippen LogP contribution in [-0.4, -0.2) is 11.6 Å². The maximum absolute atomic E-state index is 5.92. The number of aromatic nitrogens is 1. The zero-order chi connectivity index (χ0) is 24.6. The molecule has 35 heavy (non-hydrogen) atoms. The Balaban J connectivity index is 1.39. The van der Waals surface area contributed by atoms with Crippen molar-refractivity contribution < 1.29 is 4.74 Å². The van der Waals surface area contributed by atoms with Gasteiger partial charge < -0.3 is 4.74 Å². The molecule has 3 rings (SSSR count). The van der Waals surface area contributed by atoms with E-state index in [4.69, 9.17) is 9.72 Å². The summed E-state index contributed by atoms with van der Waals surface area (Å²) in [4.78, 5) is 4.89. The standard InChI is InChI=1S/C32H47NOS/c1-3-5-7-9-10-11-12-13-14-16-18-27-19-24-30-31(26-27)35-32(33-30)28-20-22-29(23-21-28)34-25-17-15-8-6-4-2/h19-24,26H,3-18,25H2,1-2H3. The SMILES string of the molecule is CCCCCCCCCCCCc1ccc2nc(-c3ccc(OCCCCCCC)cc3)sc2c1. The van der Waals surface area contributed by atoms with Gasteiger partial charge in [-0.05, 0) is 61.2 Å². The molecular weight excluding hydrogens is 446 g/mol. The summed E-state index contributed by atoms with van der Waals surface area (Å²) in [6.07, 6.45) is 21.4. The lowest BCUT2D eigenvalue weighted by Crippen LogP contribution is -1.97. The number of ether oxygens (including phenoxy) is 1. The number of aryl methyl sites for hydroxylation is 1. The number of hydrogen-bond acceptors (Lipinski definition) is 3. The van der Waals surface area contributed by atoms with Gasteiger partial charge in [0.25, 0.3) is 0 Å². The summed E-state index contributed by atoms with van der Waals surface area (Å²) < 4.78 is 7.23. The molecule has 0 unspecified atom stereocenters. The van der Waals surface area contributed by atoms with E-state index in [1.165, 1.54) is 112 Å². The molecule has 0 aliphatic rings. The van der Waals surface area contributed by atoms with Gasteiger partial charge in [0.05, 0.1) is 16.8 Å². The highest BCUT2D eigenvalue weighted by Gasteiger charge is 2.08. The quantitative estimate of drug-likeness (QED) is 0.155. The van der Waals surface area contributed by atoms with Crippen molar-refractivity contribution in [2.75, 3.05) is 6.61 Å². The first-order valence-electron chi connectivity index (χ1n) is 14.4. The molecule has 0 N–H and O–H groups in total. The number of nitrogens with zero attached hydrogens (tertiary/aromatic N) is 1. The lowest BCUT2D eigenvalue weighted by Gasteiger charge is -2.06. The van der Waals surface area contributed by atoms with Crippen LogP contribution < -0.4 is 4.74 Å². The minimum Gasteiger partial charge on any atom is -0.494 e. The van der Waals surface area contributed by atoms with E-state index in [9.17, 15) is 0 Å². The lowest BCUT2D eigenvalue weighted by atomic mass is 10.0. The molecule has 0 saturated carbocycles.